The van der Waals surface area contributed by atoms with Gasteiger partial charge in [-0.05, 0) is 6.07 Å². The molecule has 0 aromatic heterocycles. The van der Waals surface area contributed by atoms with E-state index in [1.807, 2.05) is 0 Å². The van der Waals surface area contributed by atoms with Gasteiger partial charge in [0, 0.05) is 37.8 Å². The summed E-state index contributed by atoms with van der Waals surface area (Å²) in [6, 6.07) is 3.90. The van der Waals surface area contributed by atoms with E-state index in [0.29, 0.717) is 11.3 Å². The van der Waals surface area contributed by atoms with Gasteiger partial charge in [0.15, 0.2) is 0 Å². The van der Waals surface area contributed by atoms with Crippen molar-refractivity contribution < 1.29 is 14.5 Å². The third-order valence-corrected chi connectivity index (χ3v) is 2.73. The second-order valence-electron chi connectivity index (χ2n) is 4.30. The van der Waals surface area contributed by atoms with Crippen LogP contribution in [0.4, 0.5) is 11.4 Å². The molecule has 19 heavy (non-hydrogen) atoms. The van der Waals surface area contributed by atoms with Crippen LogP contribution in [-0.4, -0.2) is 38.1 Å². The van der Waals surface area contributed by atoms with E-state index in [-0.39, 0.29) is 12.1 Å². The van der Waals surface area contributed by atoms with E-state index >= 15 is 0 Å². The van der Waals surface area contributed by atoms with Gasteiger partial charge < -0.3 is 15.4 Å². The first-order valence-corrected chi connectivity index (χ1v) is 5.65. The number of nitrogens with zero attached hydrogens (tertiary/aromatic N) is 2. The van der Waals surface area contributed by atoms with Gasteiger partial charge in [-0.1, -0.05) is 6.07 Å². The zero-order valence-electron chi connectivity index (χ0n) is 11.1. The summed E-state index contributed by atoms with van der Waals surface area (Å²) in [5.74, 6) is -0.592. The van der Waals surface area contributed by atoms with Crippen LogP contribution in [0.2, 0.25) is 0 Å². The van der Waals surface area contributed by atoms with E-state index < -0.39 is 16.9 Å². The fraction of sp³-hybridized carbons (Fsp3) is 0.417. The molecule has 0 fully saturated rings. The maximum absolute atomic E-state index is 11.2. The Bertz CT molecular complexity index is 488. The molecule has 0 aliphatic carbocycles. The lowest BCUT2D eigenvalue weighted by Crippen LogP contribution is -2.33. The zero-order chi connectivity index (χ0) is 14.6. The summed E-state index contributed by atoms with van der Waals surface area (Å²) in [4.78, 5) is 23.6. The molecule has 0 heterocycles. The van der Waals surface area contributed by atoms with E-state index in [4.69, 9.17) is 5.73 Å². The van der Waals surface area contributed by atoms with E-state index in [0.717, 1.165) is 0 Å². The number of rotatable bonds is 5. The van der Waals surface area contributed by atoms with Crippen molar-refractivity contribution in [2.24, 2.45) is 5.73 Å². The van der Waals surface area contributed by atoms with Crippen molar-refractivity contribution in [3.05, 3.63) is 33.9 Å². The van der Waals surface area contributed by atoms with Gasteiger partial charge in [-0.2, -0.15) is 0 Å². The van der Waals surface area contributed by atoms with Gasteiger partial charge >= 0.3 is 5.97 Å². The molecule has 7 heteroatoms. The SMILES string of the molecule is COC(=O)C(N)Cc1ccc(N(C)C)cc1[N+](=O)[O-]. The van der Waals surface area contributed by atoms with Crippen LogP contribution in [-0.2, 0) is 16.0 Å². The Labute approximate surface area is 111 Å². The molecule has 1 unspecified atom stereocenters. The quantitative estimate of drug-likeness (QED) is 0.479. The summed E-state index contributed by atoms with van der Waals surface area (Å²) in [5.41, 5.74) is 6.69. The van der Waals surface area contributed by atoms with Crippen molar-refractivity contribution in [1.82, 2.24) is 0 Å². The molecule has 0 amide bonds. The maximum atomic E-state index is 11.2. The van der Waals surface area contributed by atoms with Gasteiger partial charge in [0.2, 0.25) is 0 Å². The average molecular weight is 267 g/mol. The summed E-state index contributed by atoms with van der Waals surface area (Å²) < 4.78 is 4.50. The molecular weight excluding hydrogens is 250 g/mol. The summed E-state index contributed by atoms with van der Waals surface area (Å²) in [6.07, 6.45) is 0.0662. The highest BCUT2D eigenvalue weighted by Crippen LogP contribution is 2.25. The lowest BCUT2D eigenvalue weighted by molar-refractivity contribution is -0.385. The van der Waals surface area contributed by atoms with Gasteiger partial charge in [0.05, 0.1) is 12.0 Å². The van der Waals surface area contributed by atoms with E-state index in [9.17, 15) is 14.9 Å². The molecular formula is C12H17N3O4. The number of nitrogens with two attached hydrogens (primary N) is 1. The highest BCUT2D eigenvalue weighted by atomic mass is 16.6. The number of esters is 1. The monoisotopic (exact) mass is 267 g/mol. The van der Waals surface area contributed by atoms with Crippen LogP contribution in [0.25, 0.3) is 0 Å². The number of anilines is 1. The largest absolute Gasteiger partial charge is 0.468 e. The molecule has 0 radical (unpaired) electrons. The Morgan fingerprint density at radius 1 is 1.53 bits per heavy atom. The third kappa shape index (κ3) is 3.65. The lowest BCUT2D eigenvalue weighted by Gasteiger charge is -2.14. The number of methoxy groups -OCH3 is 1. The standard InChI is InChI=1S/C12H17N3O4/c1-14(2)9-5-4-8(11(7-9)15(17)18)6-10(13)12(16)19-3/h4-5,7,10H,6,13H2,1-3H3. The topological polar surface area (TPSA) is 98.7 Å². The van der Waals surface area contributed by atoms with Crippen LogP contribution in [0.3, 0.4) is 0 Å². The van der Waals surface area contributed by atoms with E-state index in [1.54, 1.807) is 31.1 Å². The molecule has 0 spiro atoms. The normalized spacial score (nSPS) is 11.8. The van der Waals surface area contributed by atoms with Crippen LogP contribution < -0.4 is 10.6 Å². The molecule has 0 saturated heterocycles. The molecule has 1 atom stereocenters. The summed E-state index contributed by atoms with van der Waals surface area (Å²) in [7, 11) is 4.81. The minimum absolute atomic E-state index is 0.0504. The van der Waals surface area contributed by atoms with E-state index in [1.165, 1.54) is 13.2 Å². The van der Waals surface area contributed by atoms with Crippen molar-refractivity contribution in [2.75, 3.05) is 26.1 Å². The van der Waals surface area contributed by atoms with Crippen molar-refractivity contribution in [3.63, 3.8) is 0 Å². The second kappa shape index (κ2) is 6.14. The smallest absolute Gasteiger partial charge is 0.322 e. The van der Waals surface area contributed by atoms with Crippen molar-refractivity contribution in [1.29, 1.82) is 0 Å². The Kier molecular flexibility index (Phi) is 4.82. The first-order chi connectivity index (χ1) is 8.86. The number of hydrogen-bond acceptors (Lipinski definition) is 6. The first-order valence-electron chi connectivity index (χ1n) is 5.65. The average Bonchev–Trinajstić information content (AvgIpc) is 2.37. The van der Waals surface area contributed by atoms with Crippen LogP contribution in [0.15, 0.2) is 18.2 Å². The minimum atomic E-state index is -0.908. The number of hydrogen-bond donors (Lipinski definition) is 1. The molecule has 0 aliphatic rings. The number of nitro groups is 1. The van der Waals surface area contributed by atoms with Crippen molar-refractivity contribution >= 4 is 17.3 Å². The highest BCUT2D eigenvalue weighted by molar-refractivity contribution is 5.76. The molecule has 1 rings (SSSR count). The second-order valence-corrected chi connectivity index (χ2v) is 4.30. The van der Waals surface area contributed by atoms with Crippen LogP contribution in [0.5, 0.6) is 0 Å². The molecule has 1 aromatic rings. The number of benzene rings is 1. The Balaban J connectivity index is 3.07. The maximum Gasteiger partial charge on any atom is 0.322 e. The minimum Gasteiger partial charge on any atom is -0.468 e. The van der Waals surface area contributed by atoms with Crippen LogP contribution in [0, 0.1) is 10.1 Å². The summed E-state index contributed by atoms with van der Waals surface area (Å²) in [5, 5.41) is 11.0. The Morgan fingerprint density at radius 2 is 2.16 bits per heavy atom. The summed E-state index contributed by atoms with van der Waals surface area (Å²) >= 11 is 0. The van der Waals surface area contributed by atoms with Gasteiger partial charge in [0.1, 0.15) is 6.04 Å². The Hall–Kier alpha value is -2.15. The number of carbonyl (C=O) groups excluding carboxylic acids is 1. The highest BCUT2D eigenvalue weighted by Gasteiger charge is 2.21. The fourth-order valence-electron chi connectivity index (χ4n) is 1.64. The molecule has 0 aliphatic heterocycles. The molecule has 0 saturated carbocycles. The van der Waals surface area contributed by atoms with Crippen LogP contribution >= 0.6 is 0 Å². The lowest BCUT2D eigenvalue weighted by atomic mass is 10.0. The van der Waals surface area contributed by atoms with Crippen LogP contribution in [0.1, 0.15) is 5.56 Å². The zero-order valence-corrected chi connectivity index (χ0v) is 11.1. The molecule has 1 aromatic carbocycles. The summed E-state index contributed by atoms with van der Waals surface area (Å²) in [6.45, 7) is 0. The van der Waals surface area contributed by atoms with Gasteiger partial charge in [0.25, 0.3) is 5.69 Å². The molecule has 104 valence electrons. The van der Waals surface area contributed by atoms with Gasteiger partial charge in [-0.3, -0.25) is 14.9 Å². The fourth-order valence-corrected chi connectivity index (χ4v) is 1.64. The van der Waals surface area contributed by atoms with Crippen molar-refractivity contribution in [3.8, 4) is 0 Å². The van der Waals surface area contributed by atoms with Crippen molar-refractivity contribution in [2.45, 2.75) is 12.5 Å². The Morgan fingerprint density at radius 3 is 2.63 bits per heavy atom. The first kappa shape index (κ1) is 14.9. The van der Waals surface area contributed by atoms with Gasteiger partial charge in [-0.25, -0.2) is 0 Å². The number of ether oxygens (including phenoxy) is 1. The third-order valence-electron chi connectivity index (χ3n) is 2.73. The number of nitro benzene ring substituents is 1. The van der Waals surface area contributed by atoms with Gasteiger partial charge in [-0.15, -0.1) is 0 Å². The van der Waals surface area contributed by atoms with E-state index in [2.05, 4.69) is 4.74 Å². The predicted octanol–water partition coefficient (Wildman–Crippen LogP) is 0.704. The number of carbonyl (C=O) groups is 1. The predicted molar refractivity (Wildman–Crippen MR) is 71.1 cm³/mol. The molecule has 7 nitrogen and oxygen atoms in total. The molecule has 0 bridgehead atoms. The molecule has 2 N–H and O–H groups in total.